The summed E-state index contributed by atoms with van der Waals surface area (Å²) in [5.41, 5.74) is 0. The molecule has 2 N–H and O–H groups in total. The molecular weight excluding hydrogens is 252 g/mol. The zero-order valence-electron chi connectivity index (χ0n) is 11.4. The lowest BCUT2D eigenvalue weighted by Crippen LogP contribution is -2.50. The number of amides is 2. The zero-order valence-corrected chi connectivity index (χ0v) is 11.4. The molecule has 1 aliphatic rings. The fourth-order valence-corrected chi connectivity index (χ4v) is 1.93. The molecule has 1 fully saturated rings. The molecule has 0 radical (unpaired) electrons. The third-order valence-corrected chi connectivity index (χ3v) is 3.02. The van der Waals surface area contributed by atoms with Crippen molar-refractivity contribution in [2.75, 3.05) is 33.3 Å². The number of hydrogen-bond donors (Lipinski definition) is 2. The Kier molecular flexibility index (Phi) is 6.04. The predicted octanol–water partition coefficient (Wildman–Crippen LogP) is -0.0154. The summed E-state index contributed by atoms with van der Waals surface area (Å²) >= 11 is 0. The van der Waals surface area contributed by atoms with Crippen molar-refractivity contribution in [3.05, 3.63) is 0 Å². The van der Waals surface area contributed by atoms with Gasteiger partial charge >= 0.3 is 12.0 Å². The lowest BCUT2D eigenvalue weighted by Gasteiger charge is -2.35. The van der Waals surface area contributed by atoms with E-state index in [1.165, 1.54) is 4.90 Å². The van der Waals surface area contributed by atoms with Crippen LogP contribution in [0.3, 0.4) is 0 Å². The van der Waals surface area contributed by atoms with Crippen molar-refractivity contribution in [3.63, 3.8) is 0 Å². The topological polar surface area (TPSA) is 90.3 Å². The van der Waals surface area contributed by atoms with E-state index >= 15 is 0 Å². The number of nitrogens with zero attached hydrogens (tertiary/aromatic N) is 2. The van der Waals surface area contributed by atoms with Gasteiger partial charge in [-0.05, 0) is 13.3 Å². The quantitative estimate of drug-likeness (QED) is 0.735. The number of carboxylic acid groups (broad SMARTS) is 1. The van der Waals surface area contributed by atoms with Gasteiger partial charge in [-0.1, -0.05) is 0 Å². The van der Waals surface area contributed by atoms with E-state index < -0.39 is 18.2 Å². The van der Waals surface area contributed by atoms with Gasteiger partial charge in [0.15, 0.2) is 0 Å². The van der Waals surface area contributed by atoms with Crippen LogP contribution in [0.2, 0.25) is 0 Å². The van der Waals surface area contributed by atoms with E-state index in [0.29, 0.717) is 32.7 Å². The van der Waals surface area contributed by atoms with Crippen LogP contribution in [0.4, 0.5) is 4.79 Å². The summed E-state index contributed by atoms with van der Waals surface area (Å²) in [4.78, 5) is 25.9. The molecule has 7 nitrogen and oxygen atoms in total. The minimum Gasteiger partial charge on any atom is -0.481 e. The molecule has 0 bridgehead atoms. The normalized spacial score (nSPS) is 21.0. The predicted molar refractivity (Wildman–Crippen MR) is 67.9 cm³/mol. The van der Waals surface area contributed by atoms with E-state index in [9.17, 15) is 14.7 Å². The van der Waals surface area contributed by atoms with Gasteiger partial charge in [-0.15, -0.1) is 0 Å². The summed E-state index contributed by atoms with van der Waals surface area (Å²) in [5, 5.41) is 17.9. The number of ether oxygens (including phenoxy) is 1. The number of hydrogen-bond acceptors (Lipinski definition) is 4. The Labute approximate surface area is 112 Å². The number of carboxylic acids is 1. The minimum absolute atomic E-state index is 0.0961. The number of aliphatic hydroxyl groups is 1. The van der Waals surface area contributed by atoms with Crippen LogP contribution in [0, 0.1) is 0 Å². The molecule has 7 heteroatoms. The highest BCUT2D eigenvalue weighted by Crippen LogP contribution is 2.11. The van der Waals surface area contributed by atoms with E-state index in [0.717, 1.165) is 0 Å². The fourth-order valence-electron chi connectivity index (χ4n) is 1.93. The first kappa shape index (κ1) is 15.7. The van der Waals surface area contributed by atoms with Crippen LogP contribution in [0.15, 0.2) is 0 Å². The number of carbonyl (C=O) groups is 2. The summed E-state index contributed by atoms with van der Waals surface area (Å²) in [6.07, 6.45) is -0.466. The van der Waals surface area contributed by atoms with Gasteiger partial charge in [0.25, 0.3) is 0 Å². The molecule has 19 heavy (non-hydrogen) atoms. The molecule has 0 spiro atoms. The highest BCUT2D eigenvalue weighted by Gasteiger charge is 2.27. The standard InChI is InChI=1S/C12H22N2O5/c1-9(15)3-4-13(2)12(18)14-5-6-19-10(8-14)7-11(16)17/h9-10,15H,3-8H2,1-2H3,(H,16,17). The van der Waals surface area contributed by atoms with Crippen LogP contribution in [-0.4, -0.2) is 77.5 Å². The lowest BCUT2D eigenvalue weighted by atomic mass is 10.2. The van der Waals surface area contributed by atoms with Crippen LogP contribution >= 0.6 is 0 Å². The average molecular weight is 274 g/mol. The monoisotopic (exact) mass is 274 g/mol. The highest BCUT2D eigenvalue weighted by atomic mass is 16.5. The zero-order chi connectivity index (χ0) is 14.4. The Hall–Kier alpha value is -1.34. The van der Waals surface area contributed by atoms with E-state index in [4.69, 9.17) is 9.84 Å². The first-order valence-corrected chi connectivity index (χ1v) is 6.41. The second-order valence-electron chi connectivity index (χ2n) is 4.88. The van der Waals surface area contributed by atoms with Crippen molar-refractivity contribution in [1.29, 1.82) is 0 Å². The molecule has 0 saturated carbocycles. The van der Waals surface area contributed by atoms with Gasteiger partial charge in [0.1, 0.15) is 0 Å². The average Bonchev–Trinajstić information content (AvgIpc) is 2.34. The van der Waals surface area contributed by atoms with Crippen LogP contribution in [0.1, 0.15) is 19.8 Å². The van der Waals surface area contributed by atoms with Gasteiger partial charge in [-0.2, -0.15) is 0 Å². The van der Waals surface area contributed by atoms with Crippen LogP contribution < -0.4 is 0 Å². The molecule has 0 aromatic heterocycles. The van der Waals surface area contributed by atoms with Gasteiger partial charge < -0.3 is 24.7 Å². The third kappa shape index (κ3) is 5.44. The van der Waals surface area contributed by atoms with E-state index in [1.807, 2.05) is 0 Å². The van der Waals surface area contributed by atoms with E-state index in [2.05, 4.69) is 0 Å². The first-order chi connectivity index (χ1) is 8.90. The van der Waals surface area contributed by atoms with Crippen LogP contribution in [0.5, 0.6) is 0 Å². The molecule has 0 aromatic rings. The van der Waals surface area contributed by atoms with Crippen molar-refractivity contribution in [1.82, 2.24) is 9.80 Å². The fraction of sp³-hybridized carbons (Fsp3) is 0.833. The molecule has 0 aromatic carbocycles. The Morgan fingerprint density at radius 2 is 2.21 bits per heavy atom. The molecular formula is C12H22N2O5. The van der Waals surface area contributed by atoms with Crippen molar-refractivity contribution in [2.45, 2.75) is 32.0 Å². The Bertz CT molecular complexity index is 321. The van der Waals surface area contributed by atoms with Gasteiger partial charge in [0, 0.05) is 26.7 Å². The second kappa shape index (κ2) is 7.30. The van der Waals surface area contributed by atoms with Crippen molar-refractivity contribution in [3.8, 4) is 0 Å². The van der Waals surface area contributed by atoms with E-state index in [1.54, 1.807) is 18.9 Å². The van der Waals surface area contributed by atoms with Gasteiger partial charge in [-0.3, -0.25) is 4.79 Å². The molecule has 2 atom stereocenters. The largest absolute Gasteiger partial charge is 0.481 e. The maximum Gasteiger partial charge on any atom is 0.319 e. The molecule has 0 aliphatic carbocycles. The lowest BCUT2D eigenvalue weighted by molar-refractivity contribution is -0.141. The van der Waals surface area contributed by atoms with Crippen molar-refractivity contribution < 1.29 is 24.5 Å². The number of morpholine rings is 1. The molecule has 1 aliphatic heterocycles. The molecule has 1 rings (SSSR count). The smallest absolute Gasteiger partial charge is 0.319 e. The number of urea groups is 1. The van der Waals surface area contributed by atoms with Gasteiger partial charge in [0.05, 0.1) is 25.2 Å². The highest BCUT2D eigenvalue weighted by molar-refractivity contribution is 5.74. The summed E-state index contributed by atoms with van der Waals surface area (Å²) in [6, 6.07) is -0.153. The number of aliphatic carboxylic acids is 1. The van der Waals surface area contributed by atoms with Crippen molar-refractivity contribution >= 4 is 12.0 Å². The SMILES string of the molecule is CC(O)CCN(C)C(=O)N1CCOC(CC(=O)O)C1. The summed E-state index contributed by atoms with van der Waals surface area (Å²) in [7, 11) is 1.67. The third-order valence-electron chi connectivity index (χ3n) is 3.02. The number of rotatable bonds is 5. The Balaban J connectivity index is 2.44. The Morgan fingerprint density at radius 1 is 1.53 bits per heavy atom. The second-order valence-corrected chi connectivity index (χ2v) is 4.88. The van der Waals surface area contributed by atoms with Crippen LogP contribution in [-0.2, 0) is 9.53 Å². The van der Waals surface area contributed by atoms with Gasteiger partial charge in [-0.25, -0.2) is 4.79 Å². The maximum atomic E-state index is 12.1. The summed E-state index contributed by atoms with van der Waals surface area (Å²) in [6.45, 7) is 3.26. The summed E-state index contributed by atoms with van der Waals surface area (Å²) in [5.74, 6) is -0.929. The van der Waals surface area contributed by atoms with E-state index in [-0.39, 0.29) is 12.5 Å². The Morgan fingerprint density at radius 3 is 2.79 bits per heavy atom. The number of aliphatic hydroxyl groups excluding tert-OH is 1. The van der Waals surface area contributed by atoms with Crippen molar-refractivity contribution in [2.24, 2.45) is 0 Å². The minimum atomic E-state index is -0.929. The molecule has 1 saturated heterocycles. The molecule has 110 valence electrons. The maximum absolute atomic E-state index is 12.1. The molecule has 2 amide bonds. The molecule has 2 unspecified atom stereocenters. The van der Waals surface area contributed by atoms with Gasteiger partial charge in [0.2, 0.25) is 0 Å². The summed E-state index contributed by atoms with van der Waals surface area (Å²) < 4.78 is 5.31. The van der Waals surface area contributed by atoms with Crippen LogP contribution in [0.25, 0.3) is 0 Å². The first-order valence-electron chi connectivity index (χ1n) is 6.41. The molecule has 1 heterocycles. The number of carbonyl (C=O) groups excluding carboxylic acids is 1.